The molecule has 0 amide bonds. The summed E-state index contributed by atoms with van der Waals surface area (Å²) in [5, 5.41) is 0. The van der Waals surface area contributed by atoms with Gasteiger partial charge in [-0.3, -0.25) is 4.79 Å². The Morgan fingerprint density at radius 1 is 1.38 bits per heavy atom. The molecule has 3 nitrogen and oxygen atoms in total. The zero-order valence-electron chi connectivity index (χ0n) is 10.5. The van der Waals surface area contributed by atoms with Crippen LogP contribution in [-0.2, 0) is 14.3 Å². The van der Waals surface area contributed by atoms with Crippen molar-refractivity contribution in [2.45, 2.75) is 52.1 Å². The summed E-state index contributed by atoms with van der Waals surface area (Å²) < 4.78 is 10.4. The van der Waals surface area contributed by atoms with Crippen LogP contribution in [0.25, 0.3) is 0 Å². The van der Waals surface area contributed by atoms with E-state index >= 15 is 0 Å². The van der Waals surface area contributed by atoms with Gasteiger partial charge in [0.05, 0.1) is 25.2 Å². The fourth-order valence-corrected chi connectivity index (χ4v) is 3.18. The topological polar surface area (TPSA) is 38.8 Å². The summed E-state index contributed by atoms with van der Waals surface area (Å²) in [7, 11) is 1.50. The predicted molar refractivity (Wildman–Crippen MR) is 61.1 cm³/mol. The third-order valence-corrected chi connectivity index (χ3v) is 4.51. The van der Waals surface area contributed by atoms with E-state index in [-0.39, 0.29) is 22.9 Å². The second-order valence-corrected chi connectivity index (χ2v) is 5.82. The van der Waals surface area contributed by atoms with E-state index in [9.17, 15) is 4.79 Å². The van der Waals surface area contributed by atoms with Crippen LogP contribution in [0.5, 0.6) is 0 Å². The summed E-state index contributed by atoms with van der Waals surface area (Å²) >= 11 is 0. The average molecular weight is 226 g/mol. The molecule has 2 unspecified atom stereocenters. The molecule has 1 saturated heterocycles. The second kappa shape index (κ2) is 4.02. The molecule has 2 aliphatic rings. The number of ether oxygens (including phenoxy) is 2. The summed E-state index contributed by atoms with van der Waals surface area (Å²) in [6.07, 6.45) is 5.53. The fourth-order valence-electron chi connectivity index (χ4n) is 3.18. The summed E-state index contributed by atoms with van der Waals surface area (Å²) in [6, 6.07) is 0. The maximum atomic E-state index is 12.2. The van der Waals surface area contributed by atoms with Crippen LogP contribution in [0.1, 0.15) is 46.0 Å². The van der Waals surface area contributed by atoms with E-state index in [4.69, 9.17) is 9.47 Å². The van der Waals surface area contributed by atoms with Gasteiger partial charge in [-0.25, -0.2) is 0 Å². The van der Waals surface area contributed by atoms with Crippen LogP contribution < -0.4 is 0 Å². The zero-order valence-corrected chi connectivity index (χ0v) is 10.5. The van der Waals surface area contributed by atoms with Gasteiger partial charge in [0, 0.05) is 0 Å². The molecule has 2 rings (SSSR count). The van der Waals surface area contributed by atoms with Gasteiger partial charge in [0.15, 0.2) is 0 Å². The molecule has 0 N–H and O–H groups in total. The van der Waals surface area contributed by atoms with Crippen LogP contribution in [-0.4, -0.2) is 25.8 Å². The first kappa shape index (κ1) is 11.9. The number of esters is 1. The number of hydrogen-bond donors (Lipinski definition) is 0. The quantitative estimate of drug-likeness (QED) is 0.548. The first-order chi connectivity index (χ1) is 7.52. The largest absolute Gasteiger partial charge is 0.469 e. The minimum absolute atomic E-state index is 0.0320. The van der Waals surface area contributed by atoms with Gasteiger partial charge in [-0.15, -0.1) is 0 Å². The van der Waals surface area contributed by atoms with Gasteiger partial charge in [0.2, 0.25) is 0 Å². The van der Waals surface area contributed by atoms with Gasteiger partial charge in [-0.05, 0) is 24.7 Å². The van der Waals surface area contributed by atoms with E-state index in [1.165, 1.54) is 13.5 Å². The molecular formula is C13H22O3. The lowest BCUT2D eigenvalue weighted by molar-refractivity contribution is -0.166. The Morgan fingerprint density at radius 2 is 2.00 bits per heavy atom. The summed E-state index contributed by atoms with van der Waals surface area (Å²) in [6.45, 7) is 5.21. The van der Waals surface area contributed by atoms with E-state index in [1.54, 1.807) is 0 Å². The normalized spacial score (nSPS) is 36.8. The number of epoxide rings is 1. The number of carbonyl (C=O) groups is 1. The highest BCUT2D eigenvalue weighted by Crippen LogP contribution is 2.54. The molecule has 0 aromatic heterocycles. The highest BCUT2D eigenvalue weighted by molar-refractivity contribution is 5.78. The Balaban J connectivity index is 2.25. The monoisotopic (exact) mass is 226 g/mol. The van der Waals surface area contributed by atoms with Crippen molar-refractivity contribution in [2.24, 2.45) is 10.8 Å². The fraction of sp³-hybridized carbons (Fsp3) is 0.923. The number of carbonyl (C=O) groups excluding carboxylic acids is 1. The Hall–Kier alpha value is -0.570. The molecular weight excluding hydrogens is 204 g/mol. The van der Waals surface area contributed by atoms with Crippen molar-refractivity contribution >= 4 is 5.97 Å². The average Bonchev–Trinajstić information content (AvgIpc) is 3.04. The molecule has 2 fully saturated rings. The van der Waals surface area contributed by atoms with Crippen molar-refractivity contribution in [3.63, 3.8) is 0 Å². The molecule has 0 aromatic rings. The highest BCUT2D eigenvalue weighted by Gasteiger charge is 2.55. The SMILES string of the molecule is COC(=O)C1(CC2CO2)CCCCC1(C)C. The van der Waals surface area contributed by atoms with Crippen molar-refractivity contribution in [2.75, 3.05) is 13.7 Å². The van der Waals surface area contributed by atoms with Crippen molar-refractivity contribution in [3.8, 4) is 0 Å². The third kappa shape index (κ3) is 1.86. The molecule has 1 heterocycles. The lowest BCUT2D eigenvalue weighted by Crippen LogP contribution is -2.48. The van der Waals surface area contributed by atoms with Crippen LogP contribution in [0.4, 0.5) is 0 Å². The van der Waals surface area contributed by atoms with Crippen LogP contribution in [0.15, 0.2) is 0 Å². The summed E-state index contributed by atoms with van der Waals surface area (Å²) in [5.41, 5.74) is -0.286. The van der Waals surface area contributed by atoms with E-state index < -0.39 is 0 Å². The van der Waals surface area contributed by atoms with Crippen LogP contribution >= 0.6 is 0 Å². The van der Waals surface area contributed by atoms with E-state index in [2.05, 4.69) is 13.8 Å². The number of rotatable bonds is 3. The lowest BCUT2D eigenvalue weighted by atomic mass is 9.56. The van der Waals surface area contributed by atoms with Gasteiger partial charge in [-0.2, -0.15) is 0 Å². The predicted octanol–water partition coefficient (Wildman–Crippen LogP) is 2.53. The molecule has 1 aliphatic carbocycles. The minimum atomic E-state index is -0.318. The number of hydrogen-bond acceptors (Lipinski definition) is 3. The van der Waals surface area contributed by atoms with E-state index in [0.29, 0.717) is 0 Å². The second-order valence-electron chi connectivity index (χ2n) is 5.82. The molecule has 0 radical (unpaired) electrons. The minimum Gasteiger partial charge on any atom is -0.469 e. The Kier molecular flexibility index (Phi) is 2.99. The van der Waals surface area contributed by atoms with E-state index in [0.717, 1.165) is 32.3 Å². The van der Waals surface area contributed by atoms with Crippen LogP contribution in [0.3, 0.4) is 0 Å². The summed E-state index contributed by atoms with van der Waals surface area (Å²) in [5.74, 6) is -0.0345. The van der Waals surface area contributed by atoms with Crippen molar-refractivity contribution < 1.29 is 14.3 Å². The lowest BCUT2D eigenvalue weighted by Gasteiger charge is -2.47. The summed E-state index contributed by atoms with van der Waals surface area (Å²) in [4.78, 5) is 12.2. The Bertz CT molecular complexity index is 281. The smallest absolute Gasteiger partial charge is 0.312 e. The van der Waals surface area contributed by atoms with Gasteiger partial charge < -0.3 is 9.47 Å². The van der Waals surface area contributed by atoms with Crippen molar-refractivity contribution in [1.29, 1.82) is 0 Å². The van der Waals surface area contributed by atoms with Crippen molar-refractivity contribution in [1.82, 2.24) is 0 Å². The molecule has 0 aromatic carbocycles. The van der Waals surface area contributed by atoms with E-state index in [1.807, 2.05) is 0 Å². The molecule has 2 atom stereocenters. The Morgan fingerprint density at radius 3 is 2.50 bits per heavy atom. The first-order valence-electron chi connectivity index (χ1n) is 6.22. The van der Waals surface area contributed by atoms with Gasteiger partial charge >= 0.3 is 5.97 Å². The molecule has 0 spiro atoms. The Labute approximate surface area is 97.5 Å². The third-order valence-electron chi connectivity index (χ3n) is 4.51. The van der Waals surface area contributed by atoms with Crippen LogP contribution in [0, 0.1) is 10.8 Å². The van der Waals surface area contributed by atoms with Crippen LogP contribution in [0.2, 0.25) is 0 Å². The standard InChI is InChI=1S/C13H22O3/c1-12(2)6-4-5-7-13(12,11(14)15-3)8-10-9-16-10/h10H,4-9H2,1-3H3. The molecule has 0 bridgehead atoms. The first-order valence-corrected chi connectivity index (χ1v) is 6.22. The maximum absolute atomic E-state index is 12.2. The molecule has 1 aliphatic heterocycles. The highest BCUT2D eigenvalue weighted by atomic mass is 16.6. The maximum Gasteiger partial charge on any atom is 0.312 e. The van der Waals surface area contributed by atoms with Gasteiger partial charge in [0.1, 0.15) is 0 Å². The number of methoxy groups -OCH3 is 1. The van der Waals surface area contributed by atoms with Gasteiger partial charge in [-0.1, -0.05) is 26.7 Å². The molecule has 16 heavy (non-hydrogen) atoms. The molecule has 3 heteroatoms. The zero-order chi connectivity index (χ0) is 11.8. The van der Waals surface area contributed by atoms with Crippen molar-refractivity contribution in [3.05, 3.63) is 0 Å². The molecule has 1 saturated carbocycles. The molecule has 92 valence electrons. The van der Waals surface area contributed by atoms with Gasteiger partial charge in [0.25, 0.3) is 0 Å².